The first-order valence-corrected chi connectivity index (χ1v) is 12.1. The van der Waals surface area contributed by atoms with Crippen molar-refractivity contribution in [2.24, 2.45) is 0 Å². The van der Waals surface area contributed by atoms with Gasteiger partial charge in [-0.3, -0.25) is 4.79 Å². The molecule has 3 aromatic rings. The Morgan fingerprint density at radius 2 is 1.74 bits per heavy atom. The molecule has 0 N–H and O–H groups in total. The molecule has 34 heavy (non-hydrogen) atoms. The predicted octanol–water partition coefficient (Wildman–Crippen LogP) is 5.16. The Bertz CT molecular complexity index is 1350. The molecule has 0 aliphatic heterocycles. The molecule has 0 radical (unpaired) electrons. The van der Waals surface area contributed by atoms with Crippen LogP contribution in [-0.4, -0.2) is 31.9 Å². The van der Waals surface area contributed by atoms with E-state index in [1.807, 2.05) is 24.3 Å². The third-order valence-corrected chi connectivity index (χ3v) is 7.86. The zero-order valence-electron chi connectivity index (χ0n) is 19.1. The summed E-state index contributed by atoms with van der Waals surface area (Å²) in [6.45, 7) is 0. The van der Waals surface area contributed by atoms with Crippen LogP contribution >= 0.6 is 11.3 Å². The van der Waals surface area contributed by atoms with Crippen molar-refractivity contribution >= 4 is 35.1 Å². The van der Waals surface area contributed by atoms with Gasteiger partial charge in [0.1, 0.15) is 10.5 Å². The number of benzene rings is 2. The van der Waals surface area contributed by atoms with Gasteiger partial charge in [-0.05, 0) is 76.8 Å². The van der Waals surface area contributed by atoms with Crippen LogP contribution in [0, 0.1) is 0 Å². The molecule has 1 aromatic heterocycles. The van der Waals surface area contributed by atoms with Gasteiger partial charge in [0.15, 0.2) is 5.78 Å². The van der Waals surface area contributed by atoms with E-state index < -0.39 is 5.97 Å². The topological polar surface area (TPSA) is 69.7 Å². The fourth-order valence-electron chi connectivity index (χ4n) is 5.07. The van der Waals surface area contributed by atoms with E-state index in [2.05, 4.69) is 24.3 Å². The van der Waals surface area contributed by atoms with E-state index in [1.165, 1.54) is 42.2 Å². The Labute approximate surface area is 202 Å². The van der Waals surface area contributed by atoms with Gasteiger partial charge in [0, 0.05) is 11.3 Å². The number of hydrogen-bond donors (Lipinski definition) is 0. The first-order valence-electron chi connectivity index (χ1n) is 11.2. The first-order chi connectivity index (χ1) is 16.5. The van der Waals surface area contributed by atoms with Crippen LogP contribution < -0.4 is 0 Å². The normalized spacial score (nSPS) is 16.1. The summed E-state index contributed by atoms with van der Waals surface area (Å²) in [6.07, 6.45) is 4.50. The lowest BCUT2D eigenvalue weighted by molar-refractivity contribution is -0.137. The molecule has 5 nitrogen and oxygen atoms in total. The van der Waals surface area contributed by atoms with Crippen molar-refractivity contribution in [3.8, 4) is 11.1 Å². The van der Waals surface area contributed by atoms with Gasteiger partial charge < -0.3 is 9.47 Å². The predicted molar refractivity (Wildman–Crippen MR) is 131 cm³/mol. The smallest absolute Gasteiger partial charge is 0.348 e. The Morgan fingerprint density at radius 1 is 0.941 bits per heavy atom. The highest BCUT2D eigenvalue weighted by Gasteiger charge is 2.31. The van der Waals surface area contributed by atoms with Gasteiger partial charge in [-0.1, -0.05) is 36.4 Å². The summed E-state index contributed by atoms with van der Waals surface area (Å²) in [4.78, 5) is 38.4. The molecule has 5 rings (SSSR count). The van der Waals surface area contributed by atoms with Gasteiger partial charge in [0.2, 0.25) is 0 Å². The number of fused-ring (bicyclic) bond motifs is 5. The molecule has 0 saturated carbocycles. The van der Waals surface area contributed by atoms with E-state index in [1.54, 1.807) is 6.08 Å². The Hall–Kier alpha value is -3.51. The largest absolute Gasteiger partial charge is 0.465 e. The van der Waals surface area contributed by atoms with Crippen LogP contribution in [0.25, 0.3) is 17.2 Å². The standard InChI is InChI=1S/C28H24O5S/c1-32-27(30)24-14-17-8-11-21-20-6-4-3-5-19(20)16(13-23(21)22(17)15-25(24)29)7-9-18-10-12-26(34-18)28(31)33-2/h3-6,8,10-12,14,16H,7,9,13,15H2,1-2H3. The minimum atomic E-state index is -0.584. The highest BCUT2D eigenvalue weighted by Crippen LogP contribution is 2.44. The maximum atomic E-state index is 12.8. The molecule has 0 spiro atoms. The summed E-state index contributed by atoms with van der Waals surface area (Å²) in [5, 5.41) is 0. The lowest BCUT2D eigenvalue weighted by atomic mass is 9.73. The quantitative estimate of drug-likeness (QED) is 0.379. The number of Topliss-reactive ketones (excluding diaryl/α,β-unsaturated/α-hetero) is 1. The van der Waals surface area contributed by atoms with Crippen molar-refractivity contribution in [2.75, 3.05) is 14.2 Å². The second-order valence-corrected chi connectivity index (χ2v) is 9.76. The molecule has 2 aliphatic carbocycles. The number of ether oxygens (including phenoxy) is 2. The van der Waals surface area contributed by atoms with Crippen LogP contribution in [0.1, 0.15) is 49.1 Å². The van der Waals surface area contributed by atoms with E-state index in [4.69, 9.17) is 9.47 Å². The van der Waals surface area contributed by atoms with Crippen LogP contribution in [0.3, 0.4) is 0 Å². The molecule has 1 heterocycles. The molecule has 1 atom stereocenters. The van der Waals surface area contributed by atoms with E-state index in [9.17, 15) is 14.4 Å². The Balaban J connectivity index is 1.48. The summed E-state index contributed by atoms with van der Waals surface area (Å²) in [5.74, 6) is -0.792. The summed E-state index contributed by atoms with van der Waals surface area (Å²) < 4.78 is 9.62. The van der Waals surface area contributed by atoms with Gasteiger partial charge >= 0.3 is 11.9 Å². The minimum absolute atomic E-state index is 0.113. The zero-order chi connectivity index (χ0) is 23.8. The van der Waals surface area contributed by atoms with Gasteiger partial charge in [0.25, 0.3) is 0 Å². The first kappa shape index (κ1) is 22.3. The minimum Gasteiger partial charge on any atom is -0.465 e. The molecular formula is C28H24O5S. The van der Waals surface area contributed by atoms with Gasteiger partial charge in [-0.2, -0.15) is 0 Å². The number of methoxy groups -OCH3 is 2. The molecule has 0 saturated heterocycles. The van der Waals surface area contributed by atoms with Crippen molar-refractivity contribution in [1.82, 2.24) is 0 Å². The summed E-state index contributed by atoms with van der Waals surface area (Å²) in [6, 6.07) is 16.4. The number of carbonyl (C=O) groups excluding carboxylic acids is 3. The average Bonchev–Trinajstić information content (AvgIpc) is 3.35. The highest BCUT2D eigenvalue weighted by atomic mass is 32.1. The molecule has 6 heteroatoms. The average molecular weight is 473 g/mol. The number of rotatable bonds is 5. The molecule has 0 bridgehead atoms. The van der Waals surface area contributed by atoms with E-state index in [0.717, 1.165) is 40.8 Å². The molecule has 0 fully saturated rings. The Morgan fingerprint density at radius 3 is 2.53 bits per heavy atom. The number of esters is 2. The monoisotopic (exact) mass is 472 g/mol. The highest BCUT2D eigenvalue weighted by molar-refractivity contribution is 7.13. The van der Waals surface area contributed by atoms with Crippen molar-refractivity contribution in [3.63, 3.8) is 0 Å². The lowest BCUT2D eigenvalue weighted by Gasteiger charge is -2.31. The number of carbonyl (C=O) groups is 3. The van der Waals surface area contributed by atoms with Crippen LogP contribution in [0.2, 0.25) is 0 Å². The van der Waals surface area contributed by atoms with E-state index >= 15 is 0 Å². The van der Waals surface area contributed by atoms with E-state index in [0.29, 0.717) is 10.8 Å². The molecule has 172 valence electrons. The maximum absolute atomic E-state index is 12.8. The fourth-order valence-corrected chi connectivity index (χ4v) is 6.01. The van der Waals surface area contributed by atoms with Gasteiger partial charge in [-0.15, -0.1) is 11.3 Å². The maximum Gasteiger partial charge on any atom is 0.348 e. The molecule has 0 amide bonds. The van der Waals surface area contributed by atoms with Crippen LogP contribution in [0.15, 0.2) is 54.1 Å². The number of aryl methyl sites for hydroxylation is 1. The summed E-state index contributed by atoms with van der Waals surface area (Å²) in [5.41, 5.74) is 6.91. The molecular weight excluding hydrogens is 448 g/mol. The molecule has 1 unspecified atom stereocenters. The van der Waals surface area contributed by atoms with Gasteiger partial charge in [0.05, 0.1) is 14.2 Å². The summed E-state index contributed by atoms with van der Waals surface area (Å²) in [7, 11) is 2.69. The van der Waals surface area contributed by atoms with Crippen molar-refractivity contribution in [2.45, 2.75) is 31.6 Å². The van der Waals surface area contributed by atoms with Crippen molar-refractivity contribution < 1.29 is 23.9 Å². The van der Waals surface area contributed by atoms with Gasteiger partial charge in [-0.25, -0.2) is 9.59 Å². The summed E-state index contributed by atoms with van der Waals surface area (Å²) >= 11 is 1.48. The van der Waals surface area contributed by atoms with Crippen LogP contribution in [0.5, 0.6) is 0 Å². The van der Waals surface area contributed by atoms with E-state index in [-0.39, 0.29) is 23.7 Å². The number of ketones is 1. The number of hydrogen-bond acceptors (Lipinski definition) is 6. The van der Waals surface area contributed by atoms with Crippen molar-refractivity contribution in [1.29, 1.82) is 0 Å². The molecule has 2 aliphatic rings. The fraction of sp³-hybridized carbons (Fsp3) is 0.250. The third kappa shape index (κ3) is 3.88. The van der Waals surface area contributed by atoms with Crippen LogP contribution in [0.4, 0.5) is 0 Å². The third-order valence-electron chi connectivity index (χ3n) is 6.74. The zero-order valence-corrected chi connectivity index (χ0v) is 19.9. The Kier molecular flexibility index (Phi) is 5.92. The molecule has 2 aromatic carbocycles. The second-order valence-electron chi connectivity index (χ2n) is 8.59. The van der Waals surface area contributed by atoms with Crippen molar-refractivity contribution in [3.05, 3.63) is 86.1 Å². The SMILES string of the molecule is COC(=O)C1=Cc2ccc3c(c2CC1=O)CC(CCc1ccc(C(=O)OC)s1)c1ccccc1-3. The lowest BCUT2D eigenvalue weighted by Crippen LogP contribution is -2.23. The number of thiophene rings is 1. The second kappa shape index (κ2) is 9.03. The van der Waals surface area contributed by atoms with Crippen LogP contribution in [-0.2, 0) is 38.3 Å².